The summed E-state index contributed by atoms with van der Waals surface area (Å²) >= 11 is 3.71. The number of likely N-dealkylation sites (tertiary alicyclic amines) is 1. The van der Waals surface area contributed by atoms with E-state index in [9.17, 15) is 24.3 Å². The predicted molar refractivity (Wildman–Crippen MR) is 176 cm³/mol. The molecule has 4 aliphatic rings. The van der Waals surface area contributed by atoms with Gasteiger partial charge in [-0.3, -0.25) is 19.2 Å². The maximum Gasteiger partial charge on any atom is 0.313 e. The third-order valence-corrected chi connectivity index (χ3v) is 10.9. The second-order valence-electron chi connectivity index (χ2n) is 12.9. The van der Waals surface area contributed by atoms with E-state index < -0.39 is 47.7 Å². The molecule has 3 amide bonds. The summed E-state index contributed by atoms with van der Waals surface area (Å²) in [6.45, 7) is 9.29. The van der Waals surface area contributed by atoms with Gasteiger partial charge in [0.15, 0.2) is 0 Å². The number of hydrogen-bond donors (Lipinski definition) is 2. The first-order valence-corrected chi connectivity index (χ1v) is 17.4. The number of aliphatic hydroxyl groups is 1. The summed E-state index contributed by atoms with van der Waals surface area (Å²) in [4.78, 5) is 58.6. The molecule has 1 spiro atoms. The largest absolute Gasteiger partial charge is 0.455 e. The van der Waals surface area contributed by atoms with E-state index in [2.05, 4.69) is 34.4 Å². The van der Waals surface area contributed by atoms with Gasteiger partial charge in [0.2, 0.25) is 17.7 Å². The van der Waals surface area contributed by atoms with E-state index in [1.165, 1.54) is 4.90 Å². The number of nitrogens with one attached hydrogen (secondary N) is 1. The minimum Gasteiger partial charge on any atom is -0.455 e. The molecule has 11 heteroatoms. The normalized spacial score (nSPS) is 29.9. The lowest BCUT2D eigenvalue weighted by atomic mass is 9.70. The number of ether oxygens (including phenoxy) is 2. The van der Waals surface area contributed by atoms with Gasteiger partial charge >= 0.3 is 5.97 Å². The van der Waals surface area contributed by atoms with Gasteiger partial charge in [0.1, 0.15) is 17.7 Å². The lowest BCUT2D eigenvalue weighted by Crippen LogP contribution is -2.59. The second-order valence-corrected chi connectivity index (χ2v) is 14.1. The number of allylic oxidation sites excluding steroid dienone is 1. The smallest absolute Gasteiger partial charge is 0.313 e. The van der Waals surface area contributed by atoms with Crippen LogP contribution in [0.1, 0.15) is 70.0 Å². The van der Waals surface area contributed by atoms with E-state index in [0.717, 1.165) is 32.1 Å². The van der Waals surface area contributed by atoms with Gasteiger partial charge in [0.25, 0.3) is 0 Å². The van der Waals surface area contributed by atoms with Crippen molar-refractivity contribution in [3.8, 4) is 0 Å². The van der Waals surface area contributed by atoms with Crippen molar-refractivity contribution in [3.05, 3.63) is 61.2 Å². The summed E-state index contributed by atoms with van der Waals surface area (Å²) in [6, 6.07) is 7.63. The Kier molecular flexibility index (Phi) is 11.1. The fourth-order valence-corrected chi connectivity index (χ4v) is 9.02. The van der Waals surface area contributed by atoms with Crippen molar-refractivity contribution in [2.45, 2.75) is 99.1 Å². The van der Waals surface area contributed by atoms with Crippen LogP contribution in [0.4, 0.5) is 0 Å². The van der Waals surface area contributed by atoms with E-state index in [0.29, 0.717) is 24.9 Å². The van der Waals surface area contributed by atoms with Crippen LogP contribution in [0.15, 0.2) is 55.6 Å². The Balaban J connectivity index is 1.45. The molecule has 2 bridgehead atoms. The van der Waals surface area contributed by atoms with Crippen LogP contribution >= 0.6 is 15.9 Å². The van der Waals surface area contributed by atoms with Crippen molar-refractivity contribution < 1.29 is 33.8 Å². The number of halogens is 1. The Morgan fingerprint density at radius 3 is 2.57 bits per heavy atom. The number of esters is 1. The van der Waals surface area contributed by atoms with Crippen molar-refractivity contribution in [2.24, 2.45) is 11.8 Å². The van der Waals surface area contributed by atoms with Gasteiger partial charge in [-0.2, -0.15) is 0 Å². The fraction of sp³-hybridized carbons (Fsp3) is 0.600. The number of carbonyl (C=O) groups excluding carboxylic acids is 4. The number of hydrogen-bond acceptors (Lipinski definition) is 7. The number of aliphatic hydroxyl groups excluding tert-OH is 1. The van der Waals surface area contributed by atoms with Crippen molar-refractivity contribution in [1.29, 1.82) is 0 Å². The molecule has 10 nitrogen and oxygen atoms in total. The van der Waals surface area contributed by atoms with Gasteiger partial charge in [0, 0.05) is 30.4 Å². The van der Waals surface area contributed by atoms with Crippen LogP contribution in [0.5, 0.6) is 0 Å². The average Bonchev–Trinajstić information content (AvgIpc) is 3.65. The van der Waals surface area contributed by atoms with Gasteiger partial charge < -0.3 is 29.7 Å². The van der Waals surface area contributed by atoms with Crippen molar-refractivity contribution in [3.63, 3.8) is 0 Å². The van der Waals surface area contributed by atoms with Crippen LogP contribution < -0.4 is 5.32 Å². The van der Waals surface area contributed by atoms with Crippen LogP contribution in [0.2, 0.25) is 0 Å². The highest BCUT2D eigenvalue weighted by Crippen LogP contribution is 2.60. The Bertz CT molecular complexity index is 1300. The number of β-amino-alcohol motifs (C(OH)–C–C–N with tert-alkyl or cyclic N) is 1. The molecule has 3 saturated heterocycles. The molecule has 5 rings (SSSR count). The van der Waals surface area contributed by atoms with E-state index in [1.807, 2.05) is 35.2 Å². The molecule has 8 atom stereocenters. The maximum absolute atomic E-state index is 14.5. The summed E-state index contributed by atoms with van der Waals surface area (Å²) in [5.41, 5.74) is -0.561. The monoisotopic (exact) mass is 699 g/mol. The molecule has 250 valence electrons. The van der Waals surface area contributed by atoms with Crippen LogP contribution in [0, 0.1) is 11.8 Å². The first-order chi connectivity index (χ1) is 22.2. The third kappa shape index (κ3) is 6.42. The third-order valence-electron chi connectivity index (χ3n) is 10.1. The lowest BCUT2D eigenvalue weighted by Gasteiger charge is -2.40. The van der Waals surface area contributed by atoms with Gasteiger partial charge in [-0.15, -0.1) is 13.2 Å². The highest BCUT2D eigenvalue weighted by Gasteiger charge is 2.77. The molecule has 1 aromatic rings. The van der Waals surface area contributed by atoms with Crippen molar-refractivity contribution >= 4 is 39.6 Å². The first-order valence-electron chi connectivity index (χ1n) is 16.5. The predicted octanol–water partition coefficient (Wildman–Crippen LogP) is 3.83. The van der Waals surface area contributed by atoms with Gasteiger partial charge in [-0.1, -0.05) is 77.7 Å². The SMILES string of the molecule is C=CCCC(=O)N[C@H](C)[C@@H](OC(=O)[C@H]1[C@@H]2O[C@@]3(CC2Br)[C@@H]1C(=O)N(CCO)[C@@H]3C(=O)N(CC=C)C1CCCCC1)c1ccccc1. The molecule has 46 heavy (non-hydrogen) atoms. The van der Waals surface area contributed by atoms with Crippen molar-refractivity contribution in [1.82, 2.24) is 15.1 Å². The van der Waals surface area contributed by atoms with E-state index in [4.69, 9.17) is 9.47 Å². The number of fused-ring (bicyclic) bond motifs is 1. The molecule has 0 aromatic heterocycles. The Morgan fingerprint density at radius 2 is 1.91 bits per heavy atom. The lowest BCUT2D eigenvalue weighted by molar-refractivity contribution is -0.162. The summed E-state index contributed by atoms with van der Waals surface area (Å²) in [5, 5.41) is 12.9. The number of nitrogens with zero attached hydrogens (tertiary/aromatic N) is 2. The summed E-state index contributed by atoms with van der Waals surface area (Å²) < 4.78 is 12.8. The zero-order valence-electron chi connectivity index (χ0n) is 26.5. The number of alkyl halides is 1. The van der Waals surface area contributed by atoms with Crippen LogP contribution in [-0.2, 0) is 28.7 Å². The molecule has 3 aliphatic heterocycles. The van der Waals surface area contributed by atoms with E-state index in [-0.39, 0.29) is 48.2 Å². The standard InChI is InChI=1S/C35H46BrN3O7/c1-4-6-17-26(41)37-22(3)29(23-13-9-7-10-14-23)45-34(44)27-28-32(42)39(19-20-40)31(35(28)21-25(36)30(27)46-35)33(43)38(18-5-2)24-15-11-8-12-16-24/h4-5,7,9-10,13-14,22,24-25,27-31,40H,1-2,6,8,11-12,15-21H2,3H3,(H,37,41)/t22-,25?,27-,28+,29-,30-,31-,35+/m1/s1. The van der Waals surface area contributed by atoms with Gasteiger partial charge in [-0.05, 0) is 38.2 Å². The minimum atomic E-state index is -1.26. The van der Waals surface area contributed by atoms with Gasteiger partial charge in [-0.25, -0.2) is 0 Å². The number of rotatable bonds is 14. The summed E-state index contributed by atoms with van der Waals surface area (Å²) in [5.74, 6) is -3.38. The molecule has 1 saturated carbocycles. The summed E-state index contributed by atoms with van der Waals surface area (Å²) in [6.07, 6.45) is 7.90. The molecule has 1 aromatic carbocycles. The topological polar surface area (TPSA) is 125 Å². The first kappa shape index (κ1) is 34.3. The highest BCUT2D eigenvalue weighted by molar-refractivity contribution is 9.09. The van der Waals surface area contributed by atoms with Crippen molar-refractivity contribution in [2.75, 3.05) is 19.7 Å². The molecular weight excluding hydrogens is 654 g/mol. The highest BCUT2D eigenvalue weighted by atomic mass is 79.9. The van der Waals surface area contributed by atoms with Crippen LogP contribution in [-0.4, -0.2) is 93.0 Å². The van der Waals surface area contributed by atoms with Crippen LogP contribution in [0.25, 0.3) is 0 Å². The molecular formula is C35H46BrN3O7. The maximum atomic E-state index is 14.5. The molecule has 1 unspecified atom stereocenters. The number of carbonyl (C=O) groups is 4. The van der Waals surface area contributed by atoms with E-state index >= 15 is 0 Å². The zero-order chi connectivity index (χ0) is 33.0. The second kappa shape index (κ2) is 14.8. The molecule has 3 heterocycles. The zero-order valence-corrected chi connectivity index (χ0v) is 28.1. The Labute approximate surface area is 279 Å². The van der Waals surface area contributed by atoms with E-state index in [1.54, 1.807) is 19.1 Å². The number of benzene rings is 1. The number of amides is 3. The van der Waals surface area contributed by atoms with Crippen LogP contribution in [0.3, 0.4) is 0 Å². The molecule has 2 N–H and O–H groups in total. The Hall–Kier alpha value is -3.02. The molecule has 0 radical (unpaired) electrons. The quantitative estimate of drug-likeness (QED) is 0.172. The average molecular weight is 701 g/mol. The Morgan fingerprint density at radius 1 is 1.20 bits per heavy atom. The van der Waals surface area contributed by atoms with Gasteiger partial charge in [0.05, 0.1) is 30.6 Å². The molecule has 1 aliphatic carbocycles. The summed E-state index contributed by atoms with van der Waals surface area (Å²) in [7, 11) is 0. The minimum absolute atomic E-state index is 0.0229. The molecule has 4 fully saturated rings. The fourth-order valence-electron chi connectivity index (χ4n) is 8.07.